The molecule has 3 aromatic carbocycles. The lowest BCUT2D eigenvalue weighted by molar-refractivity contribution is 0.280. The first-order valence-electron chi connectivity index (χ1n) is 6.90. The van der Waals surface area contributed by atoms with E-state index in [4.69, 9.17) is 0 Å². The number of fused-ring (bicyclic) bond motifs is 5. The molecule has 0 saturated carbocycles. The van der Waals surface area contributed by atoms with Gasteiger partial charge in [0.1, 0.15) is 0 Å². The first-order chi connectivity index (χ1) is 9.90. The van der Waals surface area contributed by atoms with Crippen LogP contribution in [0.3, 0.4) is 0 Å². The monoisotopic (exact) mass is 261 g/mol. The summed E-state index contributed by atoms with van der Waals surface area (Å²) >= 11 is 0. The van der Waals surface area contributed by atoms with Crippen LogP contribution in [-0.2, 0) is 6.54 Å². The molecule has 0 aliphatic rings. The van der Waals surface area contributed by atoms with E-state index in [0.29, 0.717) is 6.54 Å². The zero-order chi connectivity index (χ0) is 13.5. The van der Waals surface area contributed by atoms with Gasteiger partial charge in [-0.1, -0.05) is 48.5 Å². The van der Waals surface area contributed by atoms with E-state index in [2.05, 4.69) is 65.2 Å². The number of aromatic nitrogens is 1. The van der Waals surface area contributed by atoms with Crippen LogP contribution in [0.4, 0.5) is 0 Å². The van der Waals surface area contributed by atoms with Crippen LogP contribution in [-0.4, -0.2) is 16.3 Å². The molecule has 1 heterocycles. The number of aliphatic hydroxyl groups is 1. The molecule has 0 spiro atoms. The Bertz CT molecular complexity index is 921. The van der Waals surface area contributed by atoms with Crippen molar-refractivity contribution in [2.75, 3.05) is 6.61 Å². The average molecular weight is 261 g/mol. The van der Waals surface area contributed by atoms with E-state index in [0.717, 1.165) is 0 Å². The summed E-state index contributed by atoms with van der Waals surface area (Å²) in [7, 11) is 0. The molecule has 0 amide bonds. The second kappa shape index (κ2) is 4.36. The van der Waals surface area contributed by atoms with E-state index < -0.39 is 0 Å². The van der Waals surface area contributed by atoms with Gasteiger partial charge in [0.05, 0.1) is 6.61 Å². The van der Waals surface area contributed by atoms with Gasteiger partial charge in [-0.15, -0.1) is 0 Å². The zero-order valence-electron chi connectivity index (χ0n) is 11.1. The van der Waals surface area contributed by atoms with Crippen LogP contribution in [0.1, 0.15) is 0 Å². The largest absolute Gasteiger partial charge is 0.395 e. The van der Waals surface area contributed by atoms with Gasteiger partial charge in [-0.2, -0.15) is 0 Å². The molecule has 0 radical (unpaired) electrons. The fourth-order valence-corrected chi connectivity index (χ4v) is 3.16. The van der Waals surface area contributed by atoms with Crippen molar-refractivity contribution in [3.05, 3.63) is 60.7 Å². The predicted octanol–water partition coefficient (Wildman–Crippen LogP) is 3.94. The van der Waals surface area contributed by atoms with Crippen LogP contribution in [0.5, 0.6) is 0 Å². The van der Waals surface area contributed by atoms with Crippen LogP contribution in [0.15, 0.2) is 60.7 Å². The summed E-state index contributed by atoms with van der Waals surface area (Å²) in [6.07, 6.45) is 0. The van der Waals surface area contributed by atoms with Gasteiger partial charge in [0.15, 0.2) is 0 Å². The van der Waals surface area contributed by atoms with Crippen LogP contribution >= 0.6 is 0 Å². The highest BCUT2D eigenvalue weighted by Crippen LogP contribution is 2.34. The van der Waals surface area contributed by atoms with Crippen molar-refractivity contribution in [3.8, 4) is 0 Å². The topological polar surface area (TPSA) is 25.2 Å². The third-order valence-corrected chi connectivity index (χ3v) is 3.99. The number of hydrogen-bond donors (Lipinski definition) is 1. The Hall–Kier alpha value is -2.32. The lowest BCUT2D eigenvalue weighted by Gasteiger charge is -2.05. The van der Waals surface area contributed by atoms with Crippen LogP contribution in [0.25, 0.3) is 32.6 Å². The SMILES string of the molecule is OCCn1c2ccccc2c2c3ccccc3ccc21. The van der Waals surface area contributed by atoms with E-state index >= 15 is 0 Å². The molecule has 4 aromatic rings. The van der Waals surface area contributed by atoms with Gasteiger partial charge >= 0.3 is 0 Å². The van der Waals surface area contributed by atoms with E-state index in [9.17, 15) is 5.11 Å². The lowest BCUT2D eigenvalue weighted by atomic mass is 10.0. The van der Waals surface area contributed by atoms with E-state index in [1.807, 2.05) is 0 Å². The summed E-state index contributed by atoms with van der Waals surface area (Å²) in [5, 5.41) is 14.4. The maximum Gasteiger partial charge on any atom is 0.0610 e. The zero-order valence-corrected chi connectivity index (χ0v) is 11.1. The molecule has 0 atom stereocenters. The first-order valence-corrected chi connectivity index (χ1v) is 6.90. The quantitative estimate of drug-likeness (QED) is 0.581. The van der Waals surface area contributed by atoms with Gasteiger partial charge in [-0.25, -0.2) is 0 Å². The molecular weight excluding hydrogens is 246 g/mol. The van der Waals surface area contributed by atoms with Crippen molar-refractivity contribution >= 4 is 32.6 Å². The van der Waals surface area contributed by atoms with E-state index in [-0.39, 0.29) is 6.61 Å². The molecule has 0 saturated heterocycles. The molecular formula is C18H15NO. The average Bonchev–Trinajstić information content (AvgIpc) is 2.83. The molecule has 0 aliphatic heterocycles. The minimum atomic E-state index is 0.153. The fraction of sp³-hybridized carbons (Fsp3) is 0.111. The number of benzene rings is 3. The van der Waals surface area contributed by atoms with Gasteiger partial charge in [0.25, 0.3) is 0 Å². The summed E-state index contributed by atoms with van der Waals surface area (Å²) in [5.41, 5.74) is 2.38. The highest BCUT2D eigenvalue weighted by molar-refractivity contribution is 6.20. The molecule has 0 bridgehead atoms. The van der Waals surface area contributed by atoms with Crippen LogP contribution in [0, 0.1) is 0 Å². The minimum absolute atomic E-state index is 0.153. The number of aliphatic hydroxyl groups excluding tert-OH is 1. The van der Waals surface area contributed by atoms with Crippen LogP contribution < -0.4 is 0 Å². The van der Waals surface area contributed by atoms with Crippen LogP contribution in [0.2, 0.25) is 0 Å². The molecule has 0 aliphatic carbocycles. The molecule has 2 heteroatoms. The summed E-state index contributed by atoms with van der Waals surface area (Å²) in [5.74, 6) is 0. The Labute approximate surface area is 116 Å². The summed E-state index contributed by atoms with van der Waals surface area (Å²) < 4.78 is 2.21. The second-order valence-electron chi connectivity index (χ2n) is 5.07. The van der Waals surface area contributed by atoms with Crippen molar-refractivity contribution < 1.29 is 5.11 Å². The van der Waals surface area contributed by atoms with Crippen molar-refractivity contribution in [3.63, 3.8) is 0 Å². The van der Waals surface area contributed by atoms with E-state index in [1.165, 1.54) is 32.6 Å². The Kier molecular flexibility index (Phi) is 2.51. The number of para-hydroxylation sites is 1. The van der Waals surface area contributed by atoms with Crippen molar-refractivity contribution in [2.24, 2.45) is 0 Å². The third kappa shape index (κ3) is 1.49. The standard InChI is InChI=1S/C18H15NO/c20-12-11-19-16-8-4-3-7-15(16)18-14-6-2-1-5-13(14)9-10-17(18)19/h1-10,20H,11-12H2. The highest BCUT2D eigenvalue weighted by atomic mass is 16.3. The Morgan fingerprint density at radius 3 is 2.35 bits per heavy atom. The maximum absolute atomic E-state index is 9.35. The second-order valence-corrected chi connectivity index (χ2v) is 5.07. The smallest absolute Gasteiger partial charge is 0.0610 e. The summed E-state index contributed by atoms with van der Waals surface area (Å²) in [6.45, 7) is 0.781. The van der Waals surface area contributed by atoms with Gasteiger partial charge in [0.2, 0.25) is 0 Å². The molecule has 1 aromatic heterocycles. The third-order valence-electron chi connectivity index (χ3n) is 3.99. The van der Waals surface area contributed by atoms with Crippen molar-refractivity contribution in [1.82, 2.24) is 4.57 Å². The molecule has 1 N–H and O–H groups in total. The predicted molar refractivity (Wildman–Crippen MR) is 84.0 cm³/mol. The van der Waals surface area contributed by atoms with Gasteiger partial charge in [-0.05, 0) is 22.9 Å². The summed E-state index contributed by atoms with van der Waals surface area (Å²) in [4.78, 5) is 0. The number of nitrogens with zero attached hydrogens (tertiary/aromatic N) is 1. The molecule has 4 rings (SSSR count). The molecule has 0 unspecified atom stereocenters. The maximum atomic E-state index is 9.35. The normalized spacial score (nSPS) is 11.7. The van der Waals surface area contributed by atoms with Crippen molar-refractivity contribution in [1.29, 1.82) is 0 Å². The molecule has 98 valence electrons. The Balaban J connectivity index is 2.29. The summed E-state index contributed by atoms with van der Waals surface area (Å²) in [6, 6.07) is 21.2. The van der Waals surface area contributed by atoms with Gasteiger partial charge in [0, 0.05) is 28.4 Å². The van der Waals surface area contributed by atoms with Gasteiger partial charge in [-0.3, -0.25) is 0 Å². The highest BCUT2D eigenvalue weighted by Gasteiger charge is 2.11. The molecule has 2 nitrogen and oxygen atoms in total. The van der Waals surface area contributed by atoms with E-state index in [1.54, 1.807) is 0 Å². The fourth-order valence-electron chi connectivity index (χ4n) is 3.16. The number of hydrogen-bond acceptors (Lipinski definition) is 1. The lowest BCUT2D eigenvalue weighted by Crippen LogP contribution is -2.01. The van der Waals surface area contributed by atoms with Gasteiger partial charge < -0.3 is 9.67 Å². The molecule has 0 fully saturated rings. The Morgan fingerprint density at radius 2 is 1.50 bits per heavy atom. The molecule has 20 heavy (non-hydrogen) atoms. The minimum Gasteiger partial charge on any atom is -0.395 e. The first kappa shape index (κ1) is 11.5. The van der Waals surface area contributed by atoms with Crippen molar-refractivity contribution in [2.45, 2.75) is 6.54 Å². The number of rotatable bonds is 2. The Morgan fingerprint density at radius 1 is 0.750 bits per heavy atom.